The molecule has 0 unspecified atom stereocenters. The first-order valence-corrected chi connectivity index (χ1v) is 12.0. The van der Waals surface area contributed by atoms with E-state index >= 15 is 0 Å². The van der Waals surface area contributed by atoms with E-state index in [-0.39, 0.29) is 28.3 Å². The molecule has 5 nitrogen and oxygen atoms in total. The Morgan fingerprint density at radius 2 is 1.83 bits per heavy atom. The smallest absolute Gasteiger partial charge is 0.292 e. The van der Waals surface area contributed by atoms with Crippen molar-refractivity contribution in [2.45, 2.75) is 49.6 Å². The normalized spacial score (nSPS) is 14.8. The van der Waals surface area contributed by atoms with Crippen molar-refractivity contribution < 1.29 is 35.2 Å². The third-order valence-corrected chi connectivity index (χ3v) is 7.06. The zero-order valence-corrected chi connectivity index (χ0v) is 19.3. The standard InChI is InChI=1S/C24H21F5N2O3S/c1-23(25,26)17-7-4-9-19(15-17)35(33,34)18-8-2-5-16(11-12-18)6-3-10-21(32)20-13-14-30-22(31-20)24(27,28)29/h2,4-5,7,9,11-15H,3,6,8,10H2,1H3. The number of hydrogen-bond acceptors (Lipinski definition) is 5. The van der Waals surface area contributed by atoms with E-state index in [1.54, 1.807) is 18.2 Å². The van der Waals surface area contributed by atoms with Crippen LogP contribution in [0.1, 0.15) is 54.5 Å². The SMILES string of the molecule is CC(F)(F)c1cccc(S(=O)(=O)C2=CC=C(CCCC(=O)c3ccnc(C(F)(F)F)n3)C=CC2)c1. The number of aromatic nitrogens is 2. The van der Waals surface area contributed by atoms with Gasteiger partial charge in [-0.05, 0) is 42.7 Å². The van der Waals surface area contributed by atoms with Gasteiger partial charge in [-0.25, -0.2) is 27.2 Å². The van der Waals surface area contributed by atoms with E-state index in [1.807, 2.05) is 0 Å². The summed E-state index contributed by atoms with van der Waals surface area (Å²) in [7, 11) is -4.01. The van der Waals surface area contributed by atoms with Crippen LogP contribution in [0.3, 0.4) is 0 Å². The number of allylic oxidation sites excluding steroid dienone is 6. The van der Waals surface area contributed by atoms with Crippen molar-refractivity contribution in [2.24, 2.45) is 0 Å². The number of hydrogen-bond donors (Lipinski definition) is 0. The van der Waals surface area contributed by atoms with Gasteiger partial charge in [-0.2, -0.15) is 13.2 Å². The Kier molecular flexibility index (Phi) is 7.68. The fraction of sp³-hybridized carbons (Fsp3) is 0.292. The van der Waals surface area contributed by atoms with Crippen molar-refractivity contribution in [3.05, 3.63) is 88.4 Å². The molecular formula is C24H21F5N2O3S. The molecule has 0 atom stereocenters. The van der Waals surface area contributed by atoms with Crippen molar-refractivity contribution in [1.29, 1.82) is 0 Å². The van der Waals surface area contributed by atoms with Gasteiger partial charge in [-0.3, -0.25) is 4.79 Å². The number of nitrogens with zero attached hydrogens (tertiary/aromatic N) is 2. The van der Waals surface area contributed by atoms with E-state index in [9.17, 15) is 35.2 Å². The summed E-state index contributed by atoms with van der Waals surface area (Å²) in [5.74, 6) is -5.14. The van der Waals surface area contributed by atoms with Gasteiger partial charge in [0.05, 0.1) is 9.80 Å². The number of alkyl halides is 5. The molecule has 0 N–H and O–H groups in total. The minimum atomic E-state index is -4.75. The molecule has 0 fully saturated rings. The second kappa shape index (κ2) is 10.2. The highest BCUT2D eigenvalue weighted by atomic mass is 32.2. The van der Waals surface area contributed by atoms with E-state index in [0.29, 0.717) is 25.3 Å². The number of ketones is 1. The Morgan fingerprint density at radius 1 is 1.09 bits per heavy atom. The predicted molar refractivity (Wildman–Crippen MR) is 118 cm³/mol. The first kappa shape index (κ1) is 26.4. The van der Waals surface area contributed by atoms with Gasteiger partial charge in [0.2, 0.25) is 15.7 Å². The zero-order chi connectivity index (χ0) is 25.9. The molecule has 0 bridgehead atoms. The summed E-state index contributed by atoms with van der Waals surface area (Å²) in [6.45, 7) is 0.687. The maximum absolute atomic E-state index is 13.6. The Hall–Kier alpha value is -3.21. The molecule has 0 saturated carbocycles. The lowest BCUT2D eigenvalue weighted by atomic mass is 10.0. The second-order valence-corrected chi connectivity index (χ2v) is 9.94. The molecule has 1 aliphatic rings. The number of sulfone groups is 1. The molecule has 11 heteroatoms. The van der Waals surface area contributed by atoms with Gasteiger partial charge >= 0.3 is 6.18 Å². The van der Waals surface area contributed by atoms with Gasteiger partial charge in [-0.1, -0.05) is 30.4 Å². The summed E-state index contributed by atoms with van der Waals surface area (Å²) in [6, 6.07) is 5.75. The number of carbonyl (C=O) groups is 1. The maximum Gasteiger partial charge on any atom is 0.451 e. The van der Waals surface area contributed by atoms with Crippen LogP contribution in [0.5, 0.6) is 0 Å². The van der Waals surface area contributed by atoms with Gasteiger partial charge in [0, 0.05) is 31.5 Å². The number of carbonyl (C=O) groups excluding carboxylic acids is 1. The van der Waals surface area contributed by atoms with Crippen LogP contribution in [0, 0.1) is 0 Å². The quantitative estimate of drug-likeness (QED) is 0.311. The fourth-order valence-electron chi connectivity index (χ4n) is 3.34. The van der Waals surface area contributed by atoms with Gasteiger partial charge in [0.25, 0.3) is 5.92 Å². The van der Waals surface area contributed by atoms with Crippen LogP contribution in [0.2, 0.25) is 0 Å². The summed E-state index contributed by atoms with van der Waals surface area (Å²) in [4.78, 5) is 18.4. The topological polar surface area (TPSA) is 77.0 Å². The van der Waals surface area contributed by atoms with Crippen LogP contribution in [-0.2, 0) is 21.9 Å². The van der Waals surface area contributed by atoms with Crippen molar-refractivity contribution in [1.82, 2.24) is 9.97 Å². The van der Waals surface area contributed by atoms with Crippen LogP contribution in [0.15, 0.2) is 76.2 Å². The lowest BCUT2D eigenvalue weighted by Gasteiger charge is -2.13. The minimum absolute atomic E-state index is 0.0251. The van der Waals surface area contributed by atoms with Crippen molar-refractivity contribution >= 4 is 15.6 Å². The summed E-state index contributed by atoms with van der Waals surface area (Å²) < 4.78 is 91.4. The van der Waals surface area contributed by atoms with Gasteiger partial charge < -0.3 is 0 Å². The van der Waals surface area contributed by atoms with E-state index in [4.69, 9.17) is 0 Å². The van der Waals surface area contributed by atoms with Crippen LogP contribution >= 0.6 is 0 Å². The monoisotopic (exact) mass is 512 g/mol. The first-order valence-electron chi connectivity index (χ1n) is 10.5. The van der Waals surface area contributed by atoms with E-state index in [2.05, 4.69) is 9.97 Å². The molecule has 1 aromatic carbocycles. The lowest BCUT2D eigenvalue weighted by molar-refractivity contribution is -0.145. The molecule has 0 amide bonds. The third kappa shape index (κ3) is 6.68. The average Bonchev–Trinajstić information content (AvgIpc) is 3.04. The Balaban J connectivity index is 1.68. The molecule has 0 spiro atoms. The molecule has 3 rings (SSSR count). The highest BCUT2D eigenvalue weighted by molar-refractivity contribution is 7.95. The molecule has 0 saturated heterocycles. The largest absolute Gasteiger partial charge is 0.451 e. The fourth-order valence-corrected chi connectivity index (χ4v) is 4.74. The van der Waals surface area contributed by atoms with E-state index in [0.717, 1.165) is 24.4 Å². The van der Waals surface area contributed by atoms with Crippen molar-refractivity contribution in [2.75, 3.05) is 0 Å². The van der Waals surface area contributed by atoms with E-state index in [1.165, 1.54) is 18.2 Å². The summed E-state index contributed by atoms with van der Waals surface area (Å²) >= 11 is 0. The molecule has 2 aromatic rings. The summed E-state index contributed by atoms with van der Waals surface area (Å²) in [5, 5.41) is 0. The average molecular weight is 513 g/mol. The number of Topliss-reactive ketones (excluding diaryl/α,β-unsaturated/α-hetero) is 1. The molecule has 1 heterocycles. The number of halogens is 5. The first-order chi connectivity index (χ1) is 16.3. The molecular weight excluding hydrogens is 491 g/mol. The van der Waals surface area contributed by atoms with Crippen molar-refractivity contribution in [3.63, 3.8) is 0 Å². The third-order valence-electron chi connectivity index (χ3n) is 5.19. The summed E-state index contributed by atoms with van der Waals surface area (Å²) in [5.41, 5.74) is -0.0309. The predicted octanol–water partition coefficient (Wildman–Crippen LogP) is 6.20. The lowest BCUT2D eigenvalue weighted by Crippen LogP contribution is -2.14. The molecule has 1 aliphatic carbocycles. The Labute approximate surface area is 199 Å². The van der Waals surface area contributed by atoms with Crippen LogP contribution < -0.4 is 0 Å². The molecule has 35 heavy (non-hydrogen) atoms. The molecule has 1 aromatic heterocycles. The van der Waals surface area contributed by atoms with Crippen LogP contribution in [0.25, 0.3) is 0 Å². The van der Waals surface area contributed by atoms with Crippen molar-refractivity contribution in [3.8, 4) is 0 Å². The highest BCUT2D eigenvalue weighted by Crippen LogP contribution is 2.31. The van der Waals surface area contributed by atoms with Gasteiger partial charge in [0.1, 0.15) is 5.69 Å². The number of benzene rings is 1. The molecule has 0 aliphatic heterocycles. The van der Waals surface area contributed by atoms with E-state index < -0.39 is 39.1 Å². The minimum Gasteiger partial charge on any atom is -0.292 e. The zero-order valence-electron chi connectivity index (χ0n) is 18.5. The van der Waals surface area contributed by atoms with Crippen LogP contribution in [-0.4, -0.2) is 24.2 Å². The highest BCUT2D eigenvalue weighted by Gasteiger charge is 2.35. The number of rotatable bonds is 8. The van der Waals surface area contributed by atoms with Gasteiger partial charge in [-0.15, -0.1) is 0 Å². The Morgan fingerprint density at radius 3 is 2.51 bits per heavy atom. The second-order valence-electron chi connectivity index (χ2n) is 7.94. The van der Waals surface area contributed by atoms with Gasteiger partial charge in [0.15, 0.2) is 5.78 Å². The van der Waals surface area contributed by atoms with Crippen LogP contribution in [0.4, 0.5) is 22.0 Å². The summed E-state index contributed by atoms with van der Waals surface area (Å²) in [6.07, 6.45) is 3.02. The maximum atomic E-state index is 13.6. The molecule has 0 radical (unpaired) electrons. The molecule has 186 valence electrons. The Bertz CT molecular complexity index is 1310.